The van der Waals surface area contributed by atoms with Crippen molar-refractivity contribution in [2.24, 2.45) is 5.92 Å². The minimum absolute atomic E-state index is 0.223. The Balaban J connectivity index is 1.86. The number of hydrogen-bond acceptors (Lipinski definition) is 5. The quantitative estimate of drug-likeness (QED) is 0.830. The fraction of sp³-hybridized carbons (Fsp3) is 0.769. The molecular formula is C13H23N3OS. The van der Waals surface area contributed by atoms with Gasteiger partial charge in [-0.25, -0.2) is 4.98 Å². The van der Waals surface area contributed by atoms with Gasteiger partial charge in [0.1, 0.15) is 0 Å². The second-order valence-electron chi connectivity index (χ2n) is 5.13. The number of hydrogen-bond donors (Lipinski definition) is 2. The van der Waals surface area contributed by atoms with Crippen molar-refractivity contribution in [3.63, 3.8) is 0 Å². The molecule has 0 spiro atoms. The number of thiazole rings is 1. The maximum absolute atomic E-state index is 9.17. The molecule has 0 radical (unpaired) electrons. The zero-order valence-electron chi connectivity index (χ0n) is 10.8. The van der Waals surface area contributed by atoms with E-state index < -0.39 is 0 Å². The normalized spacial score (nSPS) is 17.4. The summed E-state index contributed by atoms with van der Waals surface area (Å²) in [6.07, 6.45) is 8.66. The summed E-state index contributed by atoms with van der Waals surface area (Å²) in [4.78, 5) is 7.61. The number of anilines is 1. The summed E-state index contributed by atoms with van der Waals surface area (Å²) < 4.78 is 0. The molecule has 0 aliphatic heterocycles. The van der Waals surface area contributed by atoms with E-state index >= 15 is 0 Å². The van der Waals surface area contributed by atoms with E-state index in [4.69, 9.17) is 5.73 Å². The fourth-order valence-electron chi connectivity index (χ4n) is 2.73. The van der Waals surface area contributed by atoms with Crippen LogP contribution in [0, 0.1) is 5.92 Å². The Morgan fingerprint density at radius 3 is 2.78 bits per heavy atom. The van der Waals surface area contributed by atoms with E-state index in [-0.39, 0.29) is 6.61 Å². The van der Waals surface area contributed by atoms with Gasteiger partial charge in [-0.3, -0.25) is 4.90 Å². The van der Waals surface area contributed by atoms with Crippen molar-refractivity contribution < 1.29 is 5.11 Å². The van der Waals surface area contributed by atoms with Crippen LogP contribution in [0.1, 0.15) is 37.0 Å². The van der Waals surface area contributed by atoms with E-state index in [0.717, 1.165) is 25.6 Å². The van der Waals surface area contributed by atoms with Gasteiger partial charge in [-0.15, -0.1) is 11.3 Å². The van der Waals surface area contributed by atoms with Gasteiger partial charge in [0.2, 0.25) is 0 Å². The van der Waals surface area contributed by atoms with Crippen molar-refractivity contribution in [1.29, 1.82) is 0 Å². The van der Waals surface area contributed by atoms with E-state index in [9.17, 15) is 5.11 Å². The summed E-state index contributed by atoms with van der Waals surface area (Å²) in [7, 11) is 0. The molecule has 18 heavy (non-hydrogen) atoms. The standard InChI is InChI=1S/C13H23N3OS/c14-13-15-8-12(18-13)10-16(6-7-17)9-11-4-2-1-3-5-11/h8,11,17H,1-7,9-10H2,(H2,14,15). The molecule has 5 heteroatoms. The van der Waals surface area contributed by atoms with E-state index in [1.165, 1.54) is 37.0 Å². The van der Waals surface area contributed by atoms with E-state index in [1.807, 2.05) is 6.20 Å². The van der Waals surface area contributed by atoms with Gasteiger partial charge in [0.15, 0.2) is 5.13 Å². The molecule has 0 unspecified atom stereocenters. The summed E-state index contributed by atoms with van der Waals surface area (Å²) in [5.74, 6) is 0.801. The van der Waals surface area contributed by atoms with Gasteiger partial charge in [-0.1, -0.05) is 19.3 Å². The maximum atomic E-state index is 9.17. The molecule has 4 nitrogen and oxygen atoms in total. The largest absolute Gasteiger partial charge is 0.395 e. The Kier molecular flexibility index (Phi) is 5.41. The number of nitrogens with zero attached hydrogens (tertiary/aromatic N) is 2. The first kappa shape index (κ1) is 13.8. The average Bonchev–Trinajstić information content (AvgIpc) is 2.76. The molecule has 1 heterocycles. The third-order valence-electron chi connectivity index (χ3n) is 3.61. The molecule has 1 aliphatic carbocycles. The van der Waals surface area contributed by atoms with Crippen LogP contribution < -0.4 is 5.73 Å². The molecule has 1 saturated carbocycles. The van der Waals surface area contributed by atoms with Gasteiger partial charge in [-0.05, 0) is 18.8 Å². The first-order valence-corrected chi connectivity index (χ1v) is 7.63. The maximum Gasteiger partial charge on any atom is 0.180 e. The molecule has 0 bridgehead atoms. The predicted octanol–water partition coefficient (Wildman–Crippen LogP) is 2.10. The summed E-state index contributed by atoms with van der Waals surface area (Å²) in [6, 6.07) is 0. The van der Waals surface area contributed by atoms with Gasteiger partial charge in [0, 0.05) is 30.7 Å². The summed E-state index contributed by atoms with van der Waals surface area (Å²) in [6.45, 7) is 2.93. The van der Waals surface area contributed by atoms with Crippen LogP contribution in [0.15, 0.2) is 6.20 Å². The molecule has 1 fully saturated rings. The van der Waals surface area contributed by atoms with Crippen LogP contribution in [-0.2, 0) is 6.54 Å². The van der Waals surface area contributed by atoms with Crippen LogP contribution in [0.3, 0.4) is 0 Å². The van der Waals surface area contributed by atoms with E-state index in [0.29, 0.717) is 5.13 Å². The molecule has 2 rings (SSSR count). The van der Waals surface area contributed by atoms with E-state index in [1.54, 1.807) is 11.3 Å². The van der Waals surface area contributed by atoms with Crippen LogP contribution in [0.5, 0.6) is 0 Å². The lowest BCUT2D eigenvalue weighted by molar-refractivity contribution is 0.155. The SMILES string of the molecule is Nc1ncc(CN(CCO)CC2CCCCC2)s1. The molecule has 1 aromatic heterocycles. The number of rotatable bonds is 6. The van der Waals surface area contributed by atoms with Crippen LogP contribution in [0.2, 0.25) is 0 Å². The van der Waals surface area contributed by atoms with Crippen molar-refractivity contribution in [1.82, 2.24) is 9.88 Å². The minimum atomic E-state index is 0.223. The molecule has 1 aliphatic rings. The zero-order valence-corrected chi connectivity index (χ0v) is 11.7. The summed E-state index contributed by atoms with van der Waals surface area (Å²) in [5, 5.41) is 9.80. The predicted molar refractivity (Wildman–Crippen MR) is 75.5 cm³/mol. The molecule has 0 amide bonds. The summed E-state index contributed by atoms with van der Waals surface area (Å²) in [5.41, 5.74) is 5.65. The van der Waals surface area contributed by atoms with Crippen molar-refractivity contribution in [3.05, 3.63) is 11.1 Å². The van der Waals surface area contributed by atoms with E-state index in [2.05, 4.69) is 9.88 Å². The third kappa shape index (κ3) is 4.23. The third-order valence-corrected chi connectivity index (χ3v) is 4.42. The molecule has 0 aromatic carbocycles. The lowest BCUT2D eigenvalue weighted by Gasteiger charge is -2.28. The summed E-state index contributed by atoms with van der Waals surface area (Å²) >= 11 is 1.55. The Morgan fingerprint density at radius 2 is 2.17 bits per heavy atom. The smallest absolute Gasteiger partial charge is 0.180 e. The molecular weight excluding hydrogens is 246 g/mol. The van der Waals surface area contributed by atoms with Crippen molar-refractivity contribution in [3.8, 4) is 0 Å². The molecule has 1 aromatic rings. The van der Waals surface area contributed by atoms with Gasteiger partial charge in [0.05, 0.1) is 6.61 Å². The average molecular weight is 269 g/mol. The number of aliphatic hydroxyl groups is 1. The van der Waals surface area contributed by atoms with Gasteiger partial charge in [0.25, 0.3) is 0 Å². The number of nitrogens with two attached hydrogens (primary N) is 1. The molecule has 102 valence electrons. The van der Waals surface area contributed by atoms with Gasteiger partial charge in [-0.2, -0.15) is 0 Å². The van der Waals surface area contributed by atoms with Gasteiger partial charge < -0.3 is 10.8 Å². The van der Waals surface area contributed by atoms with Gasteiger partial charge >= 0.3 is 0 Å². The highest BCUT2D eigenvalue weighted by Gasteiger charge is 2.17. The topological polar surface area (TPSA) is 62.4 Å². The van der Waals surface area contributed by atoms with Crippen molar-refractivity contribution in [2.45, 2.75) is 38.6 Å². The Labute approximate surface area is 113 Å². The first-order chi connectivity index (χ1) is 8.78. The lowest BCUT2D eigenvalue weighted by Crippen LogP contribution is -2.32. The van der Waals surface area contributed by atoms with Crippen LogP contribution >= 0.6 is 11.3 Å². The second kappa shape index (κ2) is 7.07. The van der Waals surface area contributed by atoms with Crippen molar-refractivity contribution in [2.75, 3.05) is 25.4 Å². The highest BCUT2D eigenvalue weighted by molar-refractivity contribution is 7.15. The zero-order chi connectivity index (χ0) is 12.8. The van der Waals surface area contributed by atoms with Crippen LogP contribution in [0.4, 0.5) is 5.13 Å². The molecule has 3 N–H and O–H groups in total. The minimum Gasteiger partial charge on any atom is -0.395 e. The highest BCUT2D eigenvalue weighted by Crippen LogP contribution is 2.25. The fourth-order valence-corrected chi connectivity index (χ4v) is 3.45. The number of aliphatic hydroxyl groups excluding tert-OH is 1. The number of aromatic nitrogens is 1. The molecule has 0 saturated heterocycles. The monoisotopic (exact) mass is 269 g/mol. The first-order valence-electron chi connectivity index (χ1n) is 6.81. The van der Waals surface area contributed by atoms with Crippen LogP contribution in [-0.4, -0.2) is 34.7 Å². The Morgan fingerprint density at radius 1 is 1.39 bits per heavy atom. The molecule has 0 atom stereocenters. The number of nitrogen functional groups attached to an aromatic ring is 1. The van der Waals surface area contributed by atoms with Crippen molar-refractivity contribution >= 4 is 16.5 Å². The van der Waals surface area contributed by atoms with Crippen LogP contribution in [0.25, 0.3) is 0 Å². The highest BCUT2D eigenvalue weighted by atomic mass is 32.1. The second-order valence-corrected chi connectivity index (χ2v) is 6.27. The lowest BCUT2D eigenvalue weighted by atomic mass is 9.89. The Bertz CT molecular complexity index is 350. The Hall–Kier alpha value is -0.650.